The summed E-state index contributed by atoms with van der Waals surface area (Å²) in [5, 5.41) is 8.98. The summed E-state index contributed by atoms with van der Waals surface area (Å²) in [5.41, 5.74) is 0. The second-order valence-corrected chi connectivity index (χ2v) is 6.36. The molecule has 1 rings (SSSR count). The van der Waals surface area contributed by atoms with Gasteiger partial charge in [0, 0.05) is 12.6 Å². The predicted molar refractivity (Wildman–Crippen MR) is 83.5 cm³/mol. The van der Waals surface area contributed by atoms with E-state index in [9.17, 15) is 0 Å². The van der Waals surface area contributed by atoms with Gasteiger partial charge in [0.1, 0.15) is 0 Å². The van der Waals surface area contributed by atoms with E-state index in [1.165, 1.54) is 64.5 Å². The Kier molecular flexibility index (Phi) is 9.54. The standard InChI is InChI=1S/C17H35NO/c1-3-4-13-18(14-9-10-15-19)17-12-8-6-5-7-11-16(17)2/h16-17,19H,3-15H2,1-2H3. The lowest BCUT2D eigenvalue weighted by Gasteiger charge is -2.37. The Morgan fingerprint density at radius 3 is 2.32 bits per heavy atom. The third kappa shape index (κ3) is 6.76. The number of aliphatic hydroxyl groups excluding tert-OH is 1. The van der Waals surface area contributed by atoms with Crippen LogP contribution in [0.3, 0.4) is 0 Å². The quantitative estimate of drug-likeness (QED) is 0.667. The van der Waals surface area contributed by atoms with Crippen molar-refractivity contribution in [1.82, 2.24) is 4.90 Å². The van der Waals surface area contributed by atoms with Gasteiger partial charge in [0.05, 0.1) is 0 Å². The molecule has 0 heterocycles. The summed E-state index contributed by atoms with van der Waals surface area (Å²) in [6.07, 6.45) is 13.2. The molecule has 2 unspecified atom stereocenters. The van der Waals surface area contributed by atoms with Crippen molar-refractivity contribution in [2.24, 2.45) is 5.92 Å². The van der Waals surface area contributed by atoms with E-state index in [0.29, 0.717) is 6.61 Å². The highest BCUT2D eigenvalue weighted by Gasteiger charge is 2.24. The van der Waals surface area contributed by atoms with Gasteiger partial charge in [-0.05, 0) is 51.1 Å². The first-order chi connectivity index (χ1) is 9.29. The molecule has 0 radical (unpaired) electrons. The molecule has 0 aliphatic heterocycles. The van der Waals surface area contributed by atoms with Gasteiger partial charge in [-0.15, -0.1) is 0 Å². The maximum atomic E-state index is 8.98. The summed E-state index contributed by atoms with van der Waals surface area (Å²) in [4.78, 5) is 2.75. The van der Waals surface area contributed by atoms with E-state index in [4.69, 9.17) is 5.11 Å². The molecule has 0 aromatic rings. The van der Waals surface area contributed by atoms with Crippen LogP contribution in [0.2, 0.25) is 0 Å². The maximum absolute atomic E-state index is 8.98. The zero-order valence-electron chi connectivity index (χ0n) is 13.2. The van der Waals surface area contributed by atoms with Gasteiger partial charge >= 0.3 is 0 Å². The number of aliphatic hydroxyl groups is 1. The summed E-state index contributed by atoms with van der Waals surface area (Å²) >= 11 is 0. The van der Waals surface area contributed by atoms with Crippen LogP contribution in [0.15, 0.2) is 0 Å². The van der Waals surface area contributed by atoms with E-state index >= 15 is 0 Å². The highest BCUT2D eigenvalue weighted by atomic mass is 16.2. The van der Waals surface area contributed by atoms with E-state index in [2.05, 4.69) is 18.7 Å². The molecule has 1 aliphatic carbocycles. The van der Waals surface area contributed by atoms with Gasteiger partial charge in [-0.25, -0.2) is 0 Å². The molecule has 0 aromatic heterocycles. The van der Waals surface area contributed by atoms with Crippen LogP contribution in [0.25, 0.3) is 0 Å². The van der Waals surface area contributed by atoms with Crippen molar-refractivity contribution in [3.63, 3.8) is 0 Å². The Morgan fingerprint density at radius 2 is 1.63 bits per heavy atom. The molecular formula is C17H35NO. The normalized spacial score (nSPS) is 25.3. The van der Waals surface area contributed by atoms with Gasteiger partial charge in [-0.3, -0.25) is 0 Å². The topological polar surface area (TPSA) is 23.5 Å². The van der Waals surface area contributed by atoms with Crippen molar-refractivity contribution in [2.45, 2.75) is 84.1 Å². The SMILES string of the molecule is CCCCN(CCCCO)C1CCCCCCC1C. The van der Waals surface area contributed by atoms with E-state index in [0.717, 1.165) is 24.8 Å². The number of nitrogens with zero attached hydrogens (tertiary/aromatic N) is 1. The van der Waals surface area contributed by atoms with Gasteiger partial charge in [0.25, 0.3) is 0 Å². The van der Waals surface area contributed by atoms with Crippen LogP contribution in [0, 0.1) is 5.92 Å². The van der Waals surface area contributed by atoms with Crippen molar-refractivity contribution < 1.29 is 5.11 Å². The molecule has 0 amide bonds. The minimum absolute atomic E-state index is 0.349. The number of hydrogen-bond donors (Lipinski definition) is 1. The van der Waals surface area contributed by atoms with Crippen molar-refractivity contribution in [3.8, 4) is 0 Å². The van der Waals surface area contributed by atoms with Gasteiger partial charge in [0.15, 0.2) is 0 Å². The second kappa shape index (κ2) is 10.7. The summed E-state index contributed by atoms with van der Waals surface area (Å²) in [5.74, 6) is 0.853. The van der Waals surface area contributed by atoms with Crippen LogP contribution in [-0.4, -0.2) is 35.7 Å². The largest absolute Gasteiger partial charge is 0.396 e. The first-order valence-corrected chi connectivity index (χ1v) is 8.64. The minimum Gasteiger partial charge on any atom is -0.396 e. The third-order valence-corrected chi connectivity index (χ3v) is 4.69. The molecule has 2 heteroatoms. The maximum Gasteiger partial charge on any atom is 0.0431 e. The molecular weight excluding hydrogens is 234 g/mol. The first kappa shape index (κ1) is 17.0. The Hall–Kier alpha value is -0.0800. The molecule has 0 aromatic carbocycles. The van der Waals surface area contributed by atoms with E-state index in [1.807, 2.05) is 0 Å². The molecule has 19 heavy (non-hydrogen) atoms. The van der Waals surface area contributed by atoms with Crippen LogP contribution in [0.1, 0.15) is 78.1 Å². The average molecular weight is 269 g/mol. The first-order valence-electron chi connectivity index (χ1n) is 8.64. The fourth-order valence-corrected chi connectivity index (χ4v) is 3.42. The average Bonchev–Trinajstić information content (AvgIpc) is 2.39. The van der Waals surface area contributed by atoms with Crippen LogP contribution in [0.4, 0.5) is 0 Å². The van der Waals surface area contributed by atoms with E-state index < -0.39 is 0 Å². The van der Waals surface area contributed by atoms with Crippen molar-refractivity contribution >= 4 is 0 Å². The van der Waals surface area contributed by atoms with Crippen molar-refractivity contribution in [1.29, 1.82) is 0 Å². The monoisotopic (exact) mass is 269 g/mol. The van der Waals surface area contributed by atoms with Crippen LogP contribution in [0.5, 0.6) is 0 Å². The minimum atomic E-state index is 0.349. The highest BCUT2D eigenvalue weighted by molar-refractivity contribution is 4.79. The van der Waals surface area contributed by atoms with E-state index in [-0.39, 0.29) is 0 Å². The molecule has 1 N–H and O–H groups in total. The van der Waals surface area contributed by atoms with Gasteiger partial charge in [0.2, 0.25) is 0 Å². The van der Waals surface area contributed by atoms with Crippen LogP contribution in [-0.2, 0) is 0 Å². The lowest BCUT2D eigenvalue weighted by molar-refractivity contribution is 0.117. The fourth-order valence-electron chi connectivity index (χ4n) is 3.42. The molecule has 1 fully saturated rings. The Balaban J connectivity index is 2.51. The molecule has 1 saturated carbocycles. The fraction of sp³-hybridized carbons (Fsp3) is 1.00. The van der Waals surface area contributed by atoms with E-state index in [1.54, 1.807) is 0 Å². The van der Waals surface area contributed by atoms with Gasteiger partial charge < -0.3 is 10.0 Å². The Bertz CT molecular complexity index is 207. The Morgan fingerprint density at radius 1 is 0.947 bits per heavy atom. The predicted octanol–water partition coefficient (Wildman–Crippen LogP) is 4.22. The lowest BCUT2D eigenvalue weighted by atomic mass is 9.87. The molecule has 114 valence electrons. The van der Waals surface area contributed by atoms with Gasteiger partial charge in [-0.1, -0.05) is 46.0 Å². The van der Waals surface area contributed by atoms with Crippen LogP contribution >= 0.6 is 0 Å². The zero-order valence-corrected chi connectivity index (χ0v) is 13.2. The summed E-state index contributed by atoms with van der Waals surface area (Å²) in [6, 6.07) is 0.797. The zero-order chi connectivity index (χ0) is 13.9. The van der Waals surface area contributed by atoms with Gasteiger partial charge in [-0.2, -0.15) is 0 Å². The summed E-state index contributed by atoms with van der Waals surface area (Å²) < 4.78 is 0. The van der Waals surface area contributed by atoms with Crippen molar-refractivity contribution in [3.05, 3.63) is 0 Å². The lowest BCUT2D eigenvalue weighted by Crippen LogP contribution is -2.41. The molecule has 0 saturated heterocycles. The summed E-state index contributed by atoms with van der Waals surface area (Å²) in [6.45, 7) is 7.54. The van der Waals surface area contributed by atoms with Crippen molar-refractivity contribution in [2.75, 3.05) is 19.7 Å². The smallest absolute Gasteiger partial charge is 0.0431 e. The number of rotatable bonds is 8. The molecule has 0 spiro atoms. The number of hydrogen-bond acceptors (Lipinski definition) is 2. The van der Waals surface area contributed by atoms with Crippen LogP contribution < -0.4 is 0 Å². The third-order valence-electron chi connectivity index (χ3n) is 4.69. The Labute approximate surface area is 120 Å². The highest BCUT2D eigenvalue weighted by Crippen LogP contribution is 2.27. The number of unbranched alkanes of at least 4 members (excludes halogenated alkanes) is 2. The molecule has 2 nitrogen and oxygen atoms in total. The summed E-state index contributed by atoms with van der Waals surface area (Å²) in [7, 11) is 0. The second-order valence-electron chi connectivity index (χ2n) is 6.36. The molecule has 0 bridgehead atoms. The molecule has 2 atom stereocenters. The molecule has 1 aliphatic rings.